The van der Waals surface area contributed by atoms with E-state index in [9.17, 15) is 0 Å². The molecule has 2 rings (SSSR count). The predicted molar refractivity (Wildman–Crippen MR) is 83.4 cm³/mol. The van der Waals surface area contributed by atoms with Gasteiger partial charge in [-0.2, -0.15) is 0 Å². The lowest BCUT2D eigenvalue weighted by Gasteiger charge is -2.06. The van der Waals surface area contributed by atoms with Crippen LogP contribution in [-0.4, -0.2) is 24.5 Å². The quantitative estimate of drug-likeness (QED) is 0.487. The molecule has 6 heteroatoms. The molecular formula is C11H19IN4S. The van der Waals surface area contributed by atoms with E-state index >= 15 is 0 Å². The predicted octanol–water partition coefficient (Wildman–Crippen LogP) is 1.72. The third-order valence-corrected chi connectivity index (χ3v) is 3.99. The van der Waals surface area contributed by atoms with Crippen molar-refractivity contribution in [3.63, 3.8) is 0 Å². The molecule has 1 aromatic rings. The molecule has 96 valence electrons. The molecule has 0 amide bonds. The zero-order chi connectivity index (χ0) is 11.4. The van der Waals surface area contributed by atoms with Gasteiger partial charge >= 0.3 is 0 Å². The van der Waals surface area contributed by atoms with Crippen molar-refractivity contribution >= 4 is 41.3 Å². The first-order valence-corrected chi connectivity index (χ1v) is 6.55. The molecule has 1 aromatic heterocycles. The second-order valence-electron chi connectivity index (χ2n) is 3.97. The van der Waals surface area contributed by atoms with Crippen LogP contribution in [0.15, 0.2) is 4.99 Å². The van der Waals surface area contributed by atoms with E-state index < -0.39 is 0 Å². The largest absolute Gasteiger partial charge is 0.370 e. The Balaban J connectivity index is 0.00000144. The second-order valence-corrected chi connectivity index (χ2v) is 5.14. The van der Waals surface area contributed by atoms with Crippen LogP contribution < -0.4 is 11.1 Å². The minimum Gasteiger partial charge on any atom is -0.370 e. The molecule has 0 atom stereocenters. The van der Waals surface area contributed by atoms with Crippen molar-refractivity contribution in [1.29, 1.82) is 0 Å². The van der Waals surface area contributed by atoms with Crippen molar-refractivity contribution in [2.75, 3.05) is 13.6 Å². The Morgan fingerprint density at radius 3 is 2.94 bits per heavy atom. The summed E-state index contributed by atoms with van der Waals surface area (Å²) >= 11 is 1.86. The summed E-state index contributed by atoms with van der Waals surface area (Å²) < 4.78 is 0. The maximum absolute atomic E-state index is 5.56. The summed E-state index contributed by atoms with van der Waals surface area (Å²) in [6, 6.07) is 0. The highest BCUT2D eigenvalue weighted by atomic mass is 127. The Bertz CT molecular complexity index is 365. The number of hydrogen-bond acceptors (Lipinski definition) is 3. The van der Waals surface area contributed by atoms with Gasteiger partial charge in [-0.3, -0.25) is 4.99 Å². The van der Waals surface area contributed by atoms with Crippen LogP contribution in [0.2, 0.25) is 0 Å². The van der Waals surface area contributed by atoms with Crippen LogP contribution >= 0.6 is 35.3 Å². The lowest BCUT2D eigenvalue weighted by molar-refractivity contribution is 0.680. The normalized spacial score (nSPS) is 15.0. The Hall–Kier alpha value is -0.370. The summed E-state index contributed by atoms with van der Waals surface area (Å²) in [5.74, 6) is 0.501. The van der Waals surface area contributed by atoms with Crippen LogP contribution in [0.25, 0.3) is 0 Å². The third-order valence-electron chi connectivity index (χ3n) is 2.78. The third kappa shape index (κ3) is 4.09. The Kier molecular flexibility index (Phi) is 6.18. The highest BCUT2D eigenvalue weighted by Gasteiger charge is 2.14. The minimum atomic E-state index is 0. The summed E-state index contributed by atoms with van der Waals surface area (Å²) in [6.07, 6.45) is 5.94. The van der Waals surface area contributed by atoms with Gasteiger partial charge in [-0.25, -0.2) is 4.98 Å². The zero-order valence-electron chi connectivity index (χ0n) is 10.0. The lowest BCUT2D eigenvalue weighted by atomic mass is 10.0. The van der Waals surface area contributed by atoms with Gasteiger partial charge in [-0.1, -0.05) is 0 Å². The number of aromatic nitrogens is 1. The molecule has 0 aliphatic heterocycles. The van der Waals surface area contributed by atoms with E-state index in [1.807, 2.05) is 11.3 Å². The fraction of sp³-hybridized carbons (Fsp3) is 0.636. The van der Waals surface area contributed by atoms with Gasteiger partial charge in [0.2, 0.25) is 0 Å². The van der Waals surface area contributed by atoms with Crippen LogP contribution in [0, 0.1) is 0 Å². The average Bonchev–Trinajstić information content (AvgIpc) is 2.71. The van der Waals surface area contributed by atoms with Gasteiger partial charge in [0.1, 0.15) is 0 Å². The van der Waals surface area contributed by atoms with Gasteiger partial charge in [-0.15, -0.1) is 35.3 Å². The average molecular weight is 366 g/mol. The molecule has 0 radical (unpaired) electrons. The van der Waals surface area contributed by atoms with Gasteiger partial charge in [0.15, 0.2) is 5.96 Å². The van der Waals surface area contributed by atoms with E-state index in [-0.39, 0.29) is 24.0 Å². The number of aliphatic imine (C=N–C) groups is 1. The van der Waals surface area contributed by atoms with E-state index in [4.69, 9.17) is 5.73 Å². The van der Waals surface area contributed by atoms with Gasteiger partial charge < -0.3 is 11.1 Å². The molecule has 1 aliphatic rings. The van der Waals surface area contributed by atoms with Crippen molar-refractivity contribution in [2.24, 2.45) is 10.7 Å². The van der Waals surface area contributed by atoms with E-state index in [1.165, 1.54) is 34.8 Å². The van der Waals surface area contributed by atoms with Crippen LogP contribution in [0.3, 0.4) is 0 Å². The number of nitrogens with one attached hydrogen (secondary N) is 1. The van der Waals surface area contributed by atoms with E-state index in [0.29, 0.717) is 5.96 Å². The number of fused-ring (bicyclic) bond motifs is 1. The highest BCUT2D eigenvalue weighted by Crippen LogP contribution is 2.26. The number of nitrogens with two attached hydrogens (primary N) is 1. The fourth-order valence-electron chi connectivity index (χ4n) is 1.89. The summed E-state index contributed by atoms with van der Waals surface area (Å²) in [4.78, 5) is 10.0. The Morgan fingerprint density at radius 1 is 1.47 bits per heavy atom. The molecule has 17 heavy (non-hydrogen) atoms. The first-order valence-electron chi connectivity index (χ1n) is 5.73. The summed E-state index contributed by atoms with van der Waals surface area (Å²) in [6.45, 7) is 0.815. The van der Waals surface area contributed by atoms with Crippen LogP contribution in [0.5, 0.6) is 0 Å². The van der Waals surface area contributed by atoms with Gasteiger partial charge in [-0.05, 0) is 25.7 Å². The van der Waals surface area contributed by atoms with Crippen LogP contribution in [-0.2, 0) is 19.3 Å². The highest BCUT2D eigenvalue weighted by molar-refractivity contribution is 14.0. The molecule has 0 aromatic carbocycles. The minimum absolute atomic E-state index is 0. The first kappa shape index (κ1) is 14.7. The first-order chi connectivity index (χ1) is 7.79. The number of guanidine groups is 1. The van der Waals surface area contributed by atoms with Crippen molar-refractivity contribution in [3.05, 3.63) is 15.6 Å². The molecular weight excluding hydrogens is 347 g/mol. The van der Waals surface area contributed by atoms with Crippen molar-refractivity contribution in [2.45, 2.75) is 32.1 Å². The molecule has 0 spiro atoms. The number of hydrogen-bond donors (Lipinski definition) is 2. The summed E-state index contributed by atoms with van der Waals surface area (Å²) in [7, 11) is 1.68. The molecule has 0 saturated carbocycles. The van der Waals surface area contributed by atoms with Crippen molar-refractivity contribution in [3.8, 4) is 0 Å². The maximum atomic E-state index is 5.56. The van der Waals surface area contributed by atoms with Crippen molar-refractivity contribution in [1.82, 2.24) is 10.3 Å². The molecule has 1 heterocycles. The summed E-state index contributed by atoms with van der Waals surface area (Å²) in [5.41, 5.74) is 6.89. The number of nitrogens with zero attached hydrogens (tertiary/aromatic N) is 2. The Morgan fingerprint density at radius 2 is 2.24 bits per heavy atom. The molecule has 1 aliphatic carbocycles. The number of halogens is 1. The molecule has 3 N–H and O–H groups in total. The topological polar surface area (TPSA) is 63.3 Å². The monoisotopic (exact) mass is 366 g/mol. The lowest BCUT2D eigenvalue weighted by Crippen LogP contribution is -2.32. The molecule has 0 bridgehead atoms. The fourth-order valence-corrected chi connectivity index (χ4v) is 3.05. The number of thiazole rings is 1. The smallest absolute Gasteiger partial charge is 0.188 e. The van der Waals surface area contributed by atoms with Gasteiger partial charge in [0.05, 0.1) is 10.7 Å². The van der Waals surface area contributed by atoms with Gasteiger partial charge in [0, 0.05) is 24.9 Å². The summed E-state index contributed by atoms with van der Waals surface area (Å²) in [5, 5.41) is 4.28. The molecule has 0 saturated heterocycles. The standard InChI is InChI=1S/C11H18N4S.HI/c1-13-11(12)14-7-6-10-15-8-4-2-3-5-9(8)16-10;/h2-7H2,1H3,(H3,12,13,14);1H. The molecule has 0 fully saturated rings. The number of aryl methyl sites for hydroxylation is 2. The van der Waals surface area contributed by atoms with Crippen LogP contribution in [0.4, 0.5) is 0 Å². The zero-order valence-corrected chi connectivity index (χ0v) is 13.2. The second kappa shape index (κ2) is 7.15. The van der Waals surface area contributed by atoms with Crippen LogP contribution in [0.1, 0.15) is 28.4 Å². The van der Waals surface area contributed by atoms with Gasteiger partial charge in [0.25, 0.3) is 0 Å². The Labute approximate surface area is 123 Å². The van der Waals surface area contributed by atoms with E-state index in [0.717, 1.165) is 19.4 Å². The molecule has 0 unspecified atom stereocenters. The maximum Gasteiger partial charge on any atom is 0.188 e. The van der Waals surface area contributed by atoms with E-state index in [2.05, 4.69) is 15.3 Å². The number of rotatable bonds is 3. The molecule has 4 nitrogen and oxygen atoms in total. The van der Waals surface area contributed by atoms with E-state index in [1.54, 1.807) is 7.05 Å². The van der Waals surface area contributed by atoms with Crippen molar-refractivity contribution < 1.29 is 0 Å². The SMILES string of the molecule is CN=C(N)NCCc1nc2c(s1)CCCC2.I.